The lowest BCUT2D eigenvalue weighted by Gasteiger charge is -2.27. The first-order chi connectivity index (χ1) is 8.89. The zero-order chi connectivity index (χ0) is 13.9. The predicted octanol–water partition coefficient (Wildman–Crippen LogP) is 3.27. The van der Waals surface area contributed by atoms with Gasteiger partial charge in [0.05, 0.1) is 5.54 Å². The molecule has 1 aromatic rings. The number of rotatable bonds is 3. The lowest BCUT2D eigenvalue weighted by atomic mass is 9.93. The Morgan fingerprint density at radius 1 is 1.21 bits per heavy atom. The molecule has 0 spiro atoms. The van der Waals surface area contributed by atoms with Gasteiger partial charge in [0.2, 0.25) is 0 Å². The molecule has 108 valence electrons. The Morgan fingerprint density at radius 2 is 1.84 bits per heavy atom. The van der Waals surface area contributed by atoms with Crippen LogP contribution in [0.15, 0.2) is 0 Å². The van der Waals surface area contributed by atoms with E-state index in [2.05, 4.69) is 30.1 Å². The molecule has 1 aromatic heterocycles. The number of nitrogens with two attached hydrogens (primary N) is 1. The highest BCUT2D eigenvalue weighted by atomic mass is 32.1. The fraction of sp³-hybridized carbons (Fsp3) is 0.857. The first kappa shape index (κ1) is 14.7. The molecule has 5 heteroatoms. The summed E-state index contributed by atoms with van der Waals surface area (Å²) < 4.78 is 10.2. The van der Waals surface area contributed by atoms with E-state index in [0.717, 1.165) is 18.7 Å². The van der Waals surface area contributed by atoms with Gasteiger partial charge in [0.15, 0.2) is 5.82 Å². The smallest absolute Gasteiger partial charge is 0.293 e. The Morgan fingerprint density at radius 3 is 2.37 bits per heavy atom. The van der Waals surface area contributed by atoms with Gasteiger partial charge in [0.25, 0.3) is 5.19 Å². The van der Waals surface area contributed by atoms with Crippen molar-refractivity contribution < 1.29 is 4.74 Å². The zero-order valence-corrected chi connectivity index (χ0v) is 13.1. The summed E-state index contributed by atoms with van der Waals surface area (Å²) in [7, 11) is 0. The van der Waals surface area contributed by atoms with Gasteiger partial charge in [-0.3, -0.25) is 0 Å². The van der Waals surface area contributed by atoms with Gasteiger partial charge < -0.3 is 10.5 Å². The average molecular weight is 283 g/mol. The van der Waals surface area contributed by atoms with Gasteiger partial charge in [-0.2, -0.15) is 9.36 Å². The fourth-order valence-corrected chi connectivity index (χ4v) is 3.07. The van der Waals surface area contributed by atoms with Crippen LogP contribution in [0.4, 0.5) is 0 Å². The van der Waals surface area contributed by atoms with Crippen LogP contribution in [0.5, 0.6) is 5.19 Å². The number of ether oxygens (including phenoxy) is 1. The van der Waals surface area contributed by atoms with E-state index in [0.29, 0.717) is 11.8 Å². The number of aromatic nitrogens is 2. The second-order valence-corrected chi connectivity index (χ2v) is 7.41. The molecular weight excluding hydrogens is 258 g/mol. The van der Waals surface area contributed by atoms with Crippen LogP contribution in [-0.2, 0) is 5.41 Å². The molecule has 0 aromatic carbocycles. The first-order valence-electron chi connectivity index (χ1n) is 7.15. The topological polar surface area (TPSA) is 61.0 Å². The summed E-state index contributed by atoms with van der Waals surface area (Å²) in [6, 6.07) is 0. The largest absolute Gasteiger partial charge is 0.467 e. The highest BCUT2D eigenvalue weighted by Gasteiger charge is 2.28. The second-order valence-electron chi connectivity index (χ2n) is 6.70. The third-order valence-electron chi connectivity index (χ3n) is 3.66. The molecule has 1 aliphatic carbocycles. The fourth-order valence-electron chi connectivity index (χ4n) is 2.36. The van der Waals surface area contributed by atoms with E-state index in [-0.39, 0.29) is 11.0 Å². The van der Waals surface area contributed by atoms with Crippen LogP contribution in [0.25, 0.3) is 0 Å². The molecule has 1 heterocycles. The normalized spacial score (nSPS) is 20.0. The summed E-state index contributed by atoms with van der Waals surface area (Å²) in [6.07, 6.45) is 7.13. The molecule has 0 radical (unpaired) electrons. The highest BCUT2D eigenvalue weighted by molar-refractivity contribution is 7.07. The molecule has 0 unspecified atom stereocenters. The van der Waals surface area contributed by atoms with Gasteiger partial charge in [-0.25, -0.2) is 0 Å². The van der Waals surface area contributed by atoms with E-state index >= 15 is 0 Å². The number of hydrogen-bond donors (Lipinski definition) is 1. The lowest BCUT2D eigenvalue weighted by molar-refractivity contribution is 0.198. The van der Waals surface area contributed by atoms with Crippen LogP contribution in [-0.4, -0.2) is 21.5 Å². The SMILES string of the molecule is CC(C)(C)c1nsc(OCC2(N)CCCCCC2)n1. The van der Waals surface area contributed by atoms with Crippen molar-refractivity contribution in [3.05, 3.63) is 5.82 Å². The summed E-state index contributed by atoms with van der Waals surface area (Å²) in [4.78, 5) is 4.45. The van der Waals surface area contributed by atoms with E-state index < -0.39 is 0 Å². The van der Waals surface area contributed by atoms with Gasteiger partial charge in [-0.15, -0.1) is 0 Å². The number of hydrogen-bond acceptors (Lipinski definition) is 5. The van der Waals surface area contributed by atoms with E-state index in [9.17, 15) is 0 Å². The van der Waals surface area contributed by atoms with E-state index in [4.69, 9.17) is 10.5 Å². The van der Waals surface area contributed by atoms with Crippen molar-refractivity contribution >= 4 is 11.5 Å². The Labute approximate surface area is 119 Å². The molecule has 2 N–H and O–H groups in total. The molecule has 0 atom stereocenters. The quantitative estimate of drug-likeness (QED) is 0.865. The van der Waals surface area contributed by atoms with Gasteiger partial charge in [-0.05, 0) is 12.8 Å². The summed E-state index contributed by atoms with van der Waals surface area (Å²) in [6.45, 7) is 6.88. The lowest BCUT2D eigenvalue weighted by Crippen LogP contribution is -2.45. The maximum Gasteiger partial charge on any atom is 0.293 e. The van der Waals surface area contributed by atoms with E-state index in [1.54, 1.807) is 0 Å². The molecule has 0 aliphatic heterocycles. The maximum absolute atomic E-state index is 6.43. The molecule has 1 fully saturated rings. The summed E-state index contributed by atoms with van der Waals surface area (Å²) in [5.41, 5.74) is 6.23. The Balaban J connectivity index is 1.92. The van der Waals surface area contributed by atoms with Crippen molar-refractivity contribution in [1.29, 1.82) is 0 Å². The predicted molar refractivity (Wildman–Crippen MR) is 78.7 cm³/mol. The summed E-state index contributed by atoms with van der Waals surface area (Å²) in [5.74, 6) is 0.847. The van der Waals surface area contributed by atoms with Gasteiger partial charge in [0, 0.05) is 16.9 Å². The second kappa shape index (κ2) is 5.75. The standard InChI is InChI=1S/C14H25N3OS/c1-13(2,3)11-16-12(19-17-11)18-10-14(15)8-6-4-5-7-9-14/h4-10,15H2,1-3H3. The van der Waals surface area contributed by atoms with Crippen molar-refractivity contribution in [2.45, 2.75) is 70.3 Å². The van der Waals surface area contributed by atoms with Crippen LogP contribution in [0.2, 0.25) is 0 Å². The average Bonchev–Trinajstić information content (AvgIpc) is 2.71. The molecule has 4 nitrogen and oxygen atoms in total. The molecule has 0 saturated heterocycles. The molecule has 0 amide bonds. The van der Waals surface area contributed by atoms with Crippen LogP contribution < -0.4 is 10.5 Å². The van der Waals surface area contributed by atoms with Crippen molar-refractivity contribution in [3.63, 3.8) is 0 Å². The van der Waals surface area contributed by atoms with Crippen molar-refractivity contribution in [3.8, 4) is 5.19 Å². The molecule has 19 heavy (non-hydrogen) atoms. The molecule has 0 bridgehead atoms. The number of nitrogens with zero attached hydrogens (tertiary/aromatic N) is 2. The van der Waals surface area contributed by atoms with E-state index in [1.807, 2.05) is 0 Å². The van der Waals surface area contributed by atoms with Gasteiger partial charge in [0.1, 0.15) is 6.61 Å². The minimum Gasteiger partial charge on any atom is -0.467 e. The van der Waals surface area contributed by atoms with Gasteiger partial charge in [-0.1, -0.05) is 46.5 Å². The highest BCUT2D eigenvalue weighted by Crippen LogP contribution is 2.28. The minimum absolute atomic E-state index is 0.0270. The monoisotopic (exact) mass is 283 g/mol. The van der Waals surface area contributed by atoms with Gasteiger partial charge >= 0.3 is 0 Å². The van der Waals surface area contributed by atoms with Crippen LogP contribution >= 0.6 is 11.5 Å². The Kier molecular flexibility index (Phi) is 4.46. The summed E-state index contributed by atoms with van der Waals surface area (Å²) in [5, 5.41) is 0.652. The maximum atomic E-state index is 6.43. The molecule has 2 rings (SSSR count). The van der Waals surface area contributed by atoms with Crippen LogP contribution in [0, 0.1) is 0 Å². The van der Waals surface area contributed by atoms with Crippen molar-refractivity contribution in [2.24, 2.45) is 5.73 Å². The van der Waals surface area contributed by atoms with Crippen LogP contribution in [0.1, 0.15) is 65.1 Å². The Bertz CT molecular complexity index is 403. The third kappa shape index (κ3) is 4.14. The first-order valence-corrected chi connectivity index (χ1v) is 7.92. The van der Waals surface area contributed by atoms with Crippen molar-refractivity contribution in [2.75, 3.05) is 6.61 Å². The molecule has 1 aliphatic rings. The third-order valence-corrected chi connectivity index (χ3v) is 4.29. The summed E-state index contributed by atoms with van der Waals surface area (Å²) >= 11 is 1.33. The Hall–Kier alpha value is -0.680. The zero-order valence-electron chi connectivity index (χ0n) is 12.2. The van der Waals surface area contributed by atoms with Crippen LogP contribution in [0.3, 0.4) is 0 Å². The molecule has 1 saturated carbocycles. The minimum atomic E-state index is -0.177. The van der Waals surface area contributed by atoms with E-state index in [1.165, 1.54) is 37.2 Å². The molecular formula is C14H25N3OS. The van der Waals surface area contributed by atoms with Crippen molar-refractivity contribution in [1.82, 2.24) is 9.36 Å².